The zero-order chi connectivity index (χ0) is 11.1. The number of ether oxygens (including phenoxy) is 1. The largest absolute Gasteiger partial charge is 0.465 e. The van der Waals surface area contributed by atoms with Crippen LogP contribution in [-0.2, 0) is 19.1 Å². The molecule has 5 nitrogen and oxygen atoms in total. The molecule has 80 valence electrons. The topological polar surface area (TPSA) is 72.5 Å². The van der Waals surface area contributed by atoms with Crippen LogP contribution < -0.4 is 5.32 Å². The molecule has 0 bridgehead atoms. The summed E-state index contributed by atoms with van der Waals surface area (Å²) in [5.74, 6) is -2.55. The van der Waals surface area contributed by atoms with E-state index in [1.165, 1.54) is 6.92 Å². The molecule has 0 rings (SSSR count). The molecule has 0 aromatic heterocycles. The minimum absolute atomic E-state index is 0.225. The van der Waals surface area contributed by atoms with Gasteiger partial charge < -0.3 is 4.74 Å². The van der Waals surface area contributed by atoms with Crippen molar-refractivity contribution < 1.29 is 19.1 Å². The molecule has 1 N–H and O–H groups in total. The minimum atomic E-state index is -0.890. The van der Waals surface area contributed by atoms with Gasteiger partial charge in [0.15, 0.2) is 0 Å². The molecule has 0 fully saturated rings. The van der Waals surface area contributed by atoms with Gasteiger partial charge >= 0.3 is 5.97 Å². The lowest BCUT2D eigenvalue weighted by molar-refractivity contribution is -0.152. The van der Waals surface area contributed by atoms with E-state index < -0.39 is 23.7 Å². The maximum atomic E-state index is 11.3. The second-order valence-corrected chi connectivity index (χ2v) is 2.76. The van der Waals surface area contributed by atoms with E-state index in [1.807, 2.05) is 0 Å². The van der Waals surface area contributed by atoms with Crippen LogP contribution in [0.25, 0.3) is 0 Å². The van der Waals surface area contributed by atoms with Crippen molar-refractivity contribution in [2.75, 3.05) is 6.61 Å². The molecule has 0 spiro atoms. The van der Waals surface area contributed by atoms with Crippen LogP contribution in [0.1, 0.15) is 27.2 Å². The summed E-state index contributed by atoms with van der Waals surface area (Å²) in [4.78, 5) is 33.0. The summed E-state index contributed by atoms with van der Waals surface area (Å²) in [5, 5.41) is 2.05. The van der Waals surface area contributed by atoms with Crippen LogP contribution in [0.3, 0.4) is 0 Å². The van der Waals surface area contributed by atoms with E-state index in [4.69, 9.17) is 0 Å². The first-order valence-electron chi connectivity index (χ1n) is 4.50. The van der Waals surface area contributed by atoms with Gasteiger partial charge in [-0.3, -0.25) is 19.7 Å². The van der Waals surface area contributed by atoms with Crippen LogP contribution in [0.15, 0.2) is 0 Å². The van der Waals surface area contributed by atoms with Gasteiger partial charge in [0.1, 0.15) is 5.92 Å². The van der Waals surface area contributed by atoms with Gasteiger partial charge in [0.2, 0.25) is 11.8 Å². The number of carbonyl (C=O) groups is 3. The Morgan fingerprint density at radius 1 is 1.29 bits per heavy atom. The molecule has 1 unspecified atom stereocenters. The molecular weight excluding hydrogens is 186 g/mol. The Balaban J connectivity index is 4.32. The molecule has 1 atom stereocenters. The Hall–Kier alpha value is -1.39. The van der Waals surface area contributed by atoms with Gasteiger partial charge in [0.25, 0.3) is 0 Å². The minimum Gasteiger partial charge on any atom is -0.465 e. The van der Waals surface area contributed by atoms with Gasteiger partial charge in [-0.25, -0.2) is 0 Å². The molecule has 0 aliphatic carbocycles. The highest BCUT2D eigenvalue weighted by Gasteiger charge is 2.26. The summed E-state index contributed by atoms with van der Waals surface area (Å²) in [6.07, 6.45) is 0.317. The number of hydrogen-bond donors (Lipinski definition) is 1. The fourth-order valence-corrected chi connectivity index (χ4v) is 0.963. The fourth-order valence-electron chi connectivity index (χ4n) is 0.963. The Kier molecular flexibility index (Phi) is 5.52. The lowest BCUT2D eigenvalue weighted by Crippen LogP contribution is -2.38. The van der Waals surface area contributed by atoms with Gasteiger partial charge in [-0.2, -0.15) is 0 Å². The molecule has 0 saturated heterocycles. The fraction of sp³-hybridized carbons (Fsp3) is 0.667. The van der Waals surface area contributed by atoms with Crippen molar-refractivity contribution in [3.8, 4) is 0 Å². The monoisotopic (exact) mass is 201 g/mol. The summed E-state index contributed by atoms with van der Waals surface area (Å²) in [6.45, 7) is 4.78. The van der Waals surface area contributed by atoms with Crippen LogP contribution in [0.4, 0.5) is 0 Å². The molecule has 0 aliphatic heterocycles. The lowest BCUT2D eigenvalue weighted by atomic mass is 10.1. The molecule has 5 heteroatoms. The summed E-state index contributed by atoms with van der Waals surface area (Å²) >= 11 is 0. The van der Waals surface area contributed by atoms with Crippen LogP contribution in [0, 0.1) is 5.92 Å². The number of imide groups is 1. The van der Waals surface area contributed by atoms with Gasteiger partial charge in [-0.15, -0.1) is 0 Å². The molecule has 0 radical (unpaired) electrons. The summed E-state index contributed by atoms with van der Waals surface area (Å²) in [7, 11) is 0. The van der Waals surface area contributed by atoms with Crippen LogP contribution in [0.2, 0.25) is 0 Å². The maximum Gasteiger partial charge on any atom is 0.318 e. The van der Waals surface area contributed by atoms with Crippen molar-refractivity contribution in [3.63, 3.8) is 0 Å². The number of nitrogens with one attached hydrogen (secondary N) is 1. The van der Waals surface area contributed by atoms with Crippen molar-refractivity contribution in [1.82, 2.24) is 5.32 Å². The van der Waals surface area contributed by atoms with E-state index in [0.717, 1.165) is 0 Å². The average molecular weight is 201 g/mol. The number of hydrogen-bond acceptors (Lipinski definition) is 4. The zero-order valence-corrected chi connectivity index (χ0v) is 8.62. The van der Waals surface area contributed by atoms with Gasteiger partial charge in [0.05, 0.1) is 6.61 Å². The molecule has 0 aromatic carbocycles. The highest BCUT2D eigenvalue weighted by Crippen LogP contribution is 2.05. The second-order valence-electron chi connectivity index (χ2n) is 2.76. The molecule has 0 aromatic rings. The van der Waals surface area contributed by atoms with E-state index in [-0.39, 0.29) is 6.61 Å². The second kappa shape index (κ2) is 6.12. The maximum absolute atomic E-state index is 11.3. The first kappa shape index (κ1) is 12.6. The Labute approximate surface area is 82.8 Å². The molecule has 0 heterocycles. The van der Waals surface area contributed by atoms with Crippen LogP contribution in [0.5, 0.6) is 0 Å². The summed E-state index contributed by atoms with van der Waals surface area (Å²) in [6, 6.07) is 0. The van der Waals surface area contributed by atoms with Crippen molar-refractivity contribution in [3.05, 3.63) is 0 Å². The van der Waals surface area contributed by atoms with Gasteiger partial charge in [-0.1, -0.05) is 6.92 Å². The quantitative estimate of drug-likeness (QED) is 0.522. The number of amides is 2. The summed E-state index contributed by atoms with van der Waals surface area (Å²) < 4.78 is 4.69. The van der Waals surface area contributed by atoms with Crippen LogP contribution in [-0.4, -0.2) is 24.4 Å². The van der Waals surface area contributed by atoms with Crippen molar-refractivity contribution in [2.24, 2.45) is 5.92 Å². The van der Waals surface area contributed by atoms with Gasteiger partial charge in [0, 0.05) is 6.92 Å². The third-order valence-corrected chi connectivity index (χ3v) is 1.60. The predicted molar refractivity (Wildman–Crippen MR) is 49.2 cm³/mol. The first-order valence-corrected chi connectivity index (χ1v) is 4.50. The van der Waals surface area contributed by atoms with E-state index in [9.17, 15) is 14.4 Å². The number of rotatable bonds is 4. The Bertz CT molecular complexity index is 237. The van der Waals surface area contributed by atoms with E-state index >= 15 is 0 Å². The standard InChI is InChI=1S/C9H15NO4/c1-4-7(9(13)14-5-2)8(12)10-6(3)11/h7H,4-5H2,1-3H3,(H,10,11,12). The van der Waals surface area contributed by atoms with Crippen LogP contribution >= 0.6 is 0 Å². The zero-order valence-electron chi connectivity index (χ0n) is 8.62. The molecule has 2 amide bonds. The lowest BCUT2D eigenvalue weighted by Gasteiger charge is -2.11. The SMILES string of the molecule is CCOC(=O)C(CC)C(=O)NC(C)=O. The third kappa shape index (κ3) is 4.02. The summed E-state index contributed by atoms with van der Waals surface area (Å²) in [5.41, 5.74) is 0. The van der Waals surface area contributed by atoms with Crippen molar-refractivity contribution in [2.45, 2.75) is 27.2 Å². The molecule has 0 saturated carbocycles. The molecular formula is C9H15NO4. The molecule has 0 aliphatic rings. The molecule has 14 heavy (non-hydrogen) atoms. The Morgan fingerprint density at radius 3 is 2.21 bits per heavy atom. The predicted octanol–water partition coefficient (Wildman–Crippen LogP) is 0.238. The normalized spacial score (nSPS) is 11.6. The number of esters is 1. The van der Waals surface area contributed by atoms with E-state index in [1.54, 1.807) is 13.8 Å². The smallest absolute Gasteiger partial charge is 0.318 e. The van der Waals surface area contributed by atoms with Gasteiger partial charge in [-0.05, 0) is 13.3 Å². The van der Waals surface area contributed by atoms with Crippen molar-refractivity contribution >= 4 is 17.8 Å². The third-order valence-electron chi connectivity index (χ3n) is 1.60. The average Bonchev–Trinajstić information content (AvgIpc) is 2.04. The Morgan fingerprint density at radius 2 is 1.86 bits per heavy atom. The van der Waals surface area contributed by atoms with E-state index in [0.29, 0.717) is 6.42 Å². The first-order chi connectivity index (χ1) is 6.52. The van der Waals surface area contributed by atoms with Crippen molar-refractivity contribution in [1.29, 1.82) is 0 Å². The highest BCUT2D eigenvalue weighted by molar-refractivity contribution is 6.04. The van der Waals surface area contributed by atoms with E-state index in [2.05, 4.69) is 10.1 Å². The number of carbonyl (C=O) groups excluding carboxylic acids is 3. The highest BCUT2D eigenvalue weighted by atomic mass is 16.5.